The van der Waals surface area contributed by atoms with Crippen LogP contribution in [0.5, 0.6) is 0 Å². The lowest BCUT2D eigenvalue weighted by atomic mass is 10.2. The first kappa shape index (κ1) is 18.9. The van der Waals surface area contributed by atoms with E-state index in [0.717, 1.165) is 5.56 Å². The van der Waals surface area contributed by atoms with E-state index in [1.165, 1.54) is 0 Å². The van der Waals surface area contributed by atoms with Crippen molar-refractivity contribution in [3.05, 3.63) is 88.9 Å². The lowest BCUT2D eigenvalue weighted by molar-refractivity contribution is 0.102. The molecule has 0 radical (unpaired) electrons. The van der Waals surface area contributed by atoms with Gasteiger partial charge in [-0.15, -0.1) is 0 Å². The van der Waals surface area contributed by atoms with E-state index in [9.17, 15) is 13.2 Å². The van der Waals surface area contributed by atoms with Crippen LogP contribution in [0.4, 0.5) is 11.4 Å². The number of amides is 1. The molecule has 3 rings (SSSR count). The quantitative estimate of drug-likeness (QED) is 0.651. The van der Waals surface area contributed by atoms with Crippen molar-refractivity contribution in [1.82, 2.24) is 0 Å². The predicted octanol–water partition coefficient (Wildman–Crippen LogP) is 4.70. The van der Waals surface area contributed by atoms with Crippen molar-refractivity contribution in [3.8, 4) is 0 Å². The highest BCUT2D eigenvalue weighted by atomic mass is 35.5. The van der Waals surface area contributed by atoms with E-state index in [1.807, 2.05) is 6.92 Å². The highest BCUT2D eigenvalue weighted by molar-refractivity contribution is 7.92. The highest BCUT2D eigenvalue weighted by Gasteiger charge is 2.14. The predicted molar refractivity (Wildman–Crippen MR) is 108 cm³/mol. The minimum atomic E-state index is -3.68. The van der Waals surface area contributed by atoms with E-state index in [0.29, 0.717) is 22.0 Å². The fourth-order valence-electron chi connectivity index (χ4n) is 2.39. The smallest absolute Gasteiger partial charge is 0.261 e. The van der Waals surface area contributed by atoms with Crippen LogP contribution in [0.25, 0.3) is 0 Å². The van der Waals surface area contributed by atoms with Gasteiger partial charge in [-0.2, -0.15) is 0 Å². The van der Waals surface area contributed by atoms with Gasteiger partial charge >= 0.3 is 0 Å². The number of carbonyl (C=O) groups excluding carboxylic acids is 1. The molecule has 0 saturated carbocycles. The molecule has 0 fully saturated rings. The maximum Gasteiger partial charge on any atom is 0.261 e. The van der Waals surface area contributed by atoms with Crippen LogP contribution < -0.4 is 10.0 Å². The number of sulfonamides is 1. The number of rotatable bonds is 5. The highest BCUT2D eigenvalue weighted by Crippen LogP contribution is 2.19. The molecule has 0 aromatic heterocycles. The number of hydrogen-bond donors (Lipinski definition) is 2. The van der Waals surface area contributed by atoms with Gasteiger partial charge in [0.1, 0.15) is 0 Å². The second-order valence-electron chi connectivity index (χ2n) is 5.96. The summed E-state index contributed by atoms with van der Waals surface area (Å²) in [6, 6.07) is 19.6. The lowest BCUT2D eigenvalue weighted by Crippen LogP contribution is -2.14. The molecule has 0 heterocycles. The van der Waals surface area contributed by atoms with Crippen LogP contribution in [0, 0.1) is 6.92 Å². The molecule has 1 amide bonds. The monoisotopic (exact) mass is 400 g/mol. The zero-order chi connectivity index (χ0) is 19.4. The molecule has 138 valence electrons. The summed E-state index contributed by atoms with van der Waals surface area (Å²) < 4.78 is 27.3. The van der Waals surface area contributed by atoms with E-state index in [-0.39, 0.29) is 10.8 Å². The van der Waals surface area contributed by atoms with Gasteiger partial charge in [-0.1, -0.05) is 35.4 Å². The Morgan fingerprint density at radius 1 is 0.889 bits per heavy atom. The number of aryl methyl sites for hydroxylation is 1. The van der Waals surface area contributed by atoms with Gasteiger partial charge in [-0.05, 0) is 61.5 Å². The van der Waals surface area contributed by atoms with Gasteiger partial charge in [0.05, 0.1) is 4.90 Å². The Hall–Kier alpha value is -2.83. The number of anilines is 2. The normalized spacial score (nSPS) is 11.0. The molecule has 0 aliphatic carbocycles. The SMILES string of the molecule is Cc1ccc(S(=O)(=O)Nc2ccc(C(=O)Nc3cccc(Cl)c3)cc2)cc1. The summed E-state index contributed by atoms with van der Waals surface area (Å²) in [4.78, 5) is 12.5. The Balaban J connectivity index is 1.71. The lowest BCUT2D eigenvalue weighted by Gasteiger charge is -2.10. The molecule has 7 heteroatoms. The molecule has 0 aliphatic heterocycles. The largest absolute Gasteiger partial charge is 0.322 e. The maximum absolute atomic E-state index is 12.4. The molecular formula is C20H17ClN2O3S. The number of carbonyl (C=O) groups is 1. The zero-order valence-electron chi connectivity index (χ0n) is 14.4. The molecule has 2 N–H and O–H groups in total. The van der Waals surface area contributed by atoms with Gasteiger partial charge < -0.3 is 5.32 Å². The maximum atomic E-state index is 12.4. The van der Waals surface area contributed by atoms with Crippen molar-refractivity contribution in [3.63, 3.8) is 0 Å². The zero-order valence-corrected chi connectivity index (χ0v) is 16.0. The minimum absolute atomic E-state index is 0.177. The first-order valence-corrected chi connectivity index (χ1v) is 9.96. The number of halogens is 1. The first-order chi connectivity index (χ1) is 12.8. The van der Waals surface area contributed by atoms with Crippen molar-refractivity contribution in [2.24, 2.45) is 0 Å². The van der Waals surface area contributed by atoms with Crippen LogP contribution in [0.15, 0.2) is 77.7 Å². The molecule has 27 heavy (non-hydrogen) atoms. The molecule has 0 saturated heterocycles. The number of hydrogen-bond acceptors (Lipinski definition) is 3. The van der Waals surface area contributed by atoms with Crippen LogP contribution in [0.3, 0.4) is 0 Å². The van der Waals surface area contributed by atoms with Gasteiger partial charge in [-0.3, -0.25) is 9.52 Å². The van der Waals surface area contributed by atoms with E-state index in [2.05, 4.69) is 10.0 Å². The number of benzene rings is 3. The Morgan fingerprint density at radius 2 is 1.56 bits per heavy atom. The van der Waals surface area contributed by atoms with Crippen molar-refractivity contribution >= 4 is 38.9 Å². The molecule has 0 unspecified atom stereocenters. The average Bonchev–Trinajstić information content (AvgIpc) is 2.62. The minimum Gasteiger partial charge on any atom is -0.322 e. The third kappa shape index (κ3) is 4.87. The Bertz CT molecular complexity index is 1060. The van der Waals surface area contributed by atoms with E-state index < -0.39 is 10.0 Å². The van der Waals surface area contributed by atoms with E-state index in [4.69, 9.17) is 11.6 Å². The van der Waals surface area contributed by atoms with Gasteiger partial charge in [-0.25, -0.2) is 8.42 Å². The summed E-state index contributed by atoms with van der Waals surface area (Å²) in [6.07, 6.45) is 0. The Morgan fingerprint density at radius 3 is 2.19 bits per heavy atom. The molecule has 5 nitrogen and oxygen atoms in total. The molecular weight excluding hydrogens is 384 g/mol. The molecule has 0 bridgehead atoms. The van der Waals surface area contributed by atoms with Gasteiger partial charge in [0.15, 0.2) is 0 Å². The van der Waals surface area contributed by atoms with E-state index in [1.54, 1.807) is 72.8 Å². The molecule has 3 aromatic carbocycles. The topological polar surface area (TPSA) is 75.3 Å². The summed E-state index contributed by atoms with van der Waals surface area (Å²) in [5.41, 5.74) is 2.32. The summed E-state index contributed by atoms with van der Waals surface area (Å²) in [7, 11) is -3.68. The standard InChI is InChI=1S/C20H17ClN2O3S/c1-14-5-11-19(12-6-14)27(25,26)23-17-9-7-15(8-10-17)20(24)22-18-4-2-3-16(21)13-18/h2-13,23H,1H3,(H,22,24). The third-order valence-electron chi connectivity index (χ3n) is 3.81. The van der Waals surface area contributed by atoms with Crippen LogP contribution in [0.1, 0.15) is 15.9 Å². The second-order valence-corrected chi connectivity index (χ2v) is 8.08. The van der Waals surface area contributed by atoms with Crippen LogP contribution >= 0.6 is 11.6 Å². The fraction of sp³-hybridized carbons (Fsp3) is 0.0500. The molecule has 0 atom stereocenters. The number of nitrogens with one attached hydrogen (secondary N) is 2. The fourth-order valence-corrected chi connectivity index (χ4v) is 3.64. The van der Waals surface area contributed by atoms with Gasteiger partial charge in [0, 0.05) is 22.0 Å². The molecule has 0 aliphatic rings. The van der Waals surface area contributed by atoms with Gasteiger partial charge in [0.2, 0.25) is 0 Å². The van der Waals surface area contributed by atoms with Crippen molar-refractivity contribution in [1.29, 1.82) is 0 Å². The third-order valence-corrected chi connectivity index (χ3v) is 5.45. The van der Waals surface area contributed by atoms with Gasteiger partial charge in [0.25, 0.3) is 15.9 Å². The average molecular weight is 401 g/mol. The summed E-state index contributed by atoms with van der Waals surface area (Å²) in [5, 5.41) is 3.26. The first-order valence-electron chi connectivity index (χ1n) is 8.10. The van der Waals surface area contributed by atoms with Crippen molar-refractivity contribution in [2.45, 2.75) is 11.8 Å². The molecule has 0 spiro atoms. The Kier molecular flexibility index (Phi) is 5.48. The van der Waals surface area contributed by atoms with Crippen LogP contribution in [-0.4, -0.2) is 14.3 Å². The second kappa shape index (κ2) is 7.82. The van der Waals surface area contributed by atoms with Crippen LogP contribution in [-0.2, 0) is 10.0 Å². The van der Waals surface area contributed by atoms with Crippen LogP contribution in [0.2, 0.25) is 5.02 Å². The summed E-state index contributed by atoms with van der Waals surface area (Å²) >= 11 is 5.90. The molecule has 3 aromatic rings. The van der Waals surface area contributed by atoms with E-state index >= 15 is 0 Å². The Labute approximate surface area is 163 Å². The van der Waals surface area contributed by atoms with Crippen molar-refractivity contribution < 1.29 is 13.2 Å². The summed E-state index contributed by atoms with van der Waals surface area (Å²) in [6.45, 7) is 1.89. The van der Waals surface area contributed by atoms with Crippen molar-refractivity contribution in [2.75, 3.05) is 10.0 Å². The summed E-state index contributed by atoms with van der Waals surface area (Å²) in [5.74, 6) is -0.315.